The standard InChI is InChI=1S/C24H29N5O2S/c1-6-29-22(18(5)25-23(31)19-10-7-15(2)8-11-19)27-28-24(29)32-14-21(30)26-20-12-9-16(3)17(4)13-20/h7-13,18H,6,14H2,1-5H3,(H,25,31)(H,26,30)/t18-/m0/s1. The van der Waals surface area contributed by atoms with Gasteiger partial charge in [0.05, 0.1) is 11.8 Å². The first-order valence-electron chi connectivity index (χ1n) is 10.6. The maximum atomic E-state index is 12.6. The van der Waals surface area contributed by atoms with Gasteiger partial charge in [-0.05, 0) is 70.0 Å². The summed E-state index contributed by atoms with van der Waals surface area (Å²) in [6.07, 6.45) is 0. The van der Waals surface area contributed by atoms with E-state index in [1.165, 1.54) is 17.3 Å². The number of aryl methyl sites for hydroxylation is 3. The molecule has 0 aliphatic rings. The van der Waals surface area contributed by atoms with Crippen LogP contribution in [0.3, 0.4) is 0 Å². The molecule has 7 nitrogen and oxygen atoms in total. The average Bonchev–Trinajstić information content (AvgIpc) is 3.18. The molecular formula is C24H29N5O2S. The maximum absolute atomic E-state index is 12.6. The van der Waals surface area contributed by atoms with Crippen molar-refractivity contribution in [2.24, 2.45) is 0 Å². The third-order valence-corrected chi connectivity index (χ3v) is 6.20. The molecule has 0 aliphatic carbocycles. The van der Waals surface area contributed by atoms with Gasteiger partial charge in [0.1, 0.15) is 0 Å². The van der Waals surface area contributed by atoms with Crippen LogP contribution in [-0.4, -0.2) is 32.3 Å². The van der Waals surface area contributed by atoms with Crippen LogP contribution >= 0.6 is 11.8 Å². The number of carbonyl (C=O) groups excluding carboxylic acids is 2. The minimum Gasteiger partial charge on any atom is -0.342 e. The number of hydrogen-bond donors (Lipinski definition) is 2. The van der Waals surface area contributed by atoms with Gasteiger partial charge in [-0.15, -0.1) is 10.2 Å². The van der Waals surface area contributed by atoms with Gasteiger partial charge in [-0.3, -0.25) is 9.59 Å². The molecule has 0 unspecified atom stereocenters. The molecule has 0 saturated heterocycles. The number of nitrogens with one attached hydrogen (secondary N) is 2. The highest BCUT2D eigenvalue weighted by molar-refractivity contribution is 7.99. The Kier molecular flexibility index (Phi) is 7.69. The van der Waals surface area contributed by atoms with Gasteiger partial charge in [-0.25, -0.2) is 0 Å². The van der Waals surface area contributed by atoms with Crippen LogP contribution in [0.25, 0.3) is 0 Å². The summed E-state index contributed by atoms with van der Waals surface area (Å²) in [7, 11) is 0. The van der Waals surface area contributed by atoms with E-state index in [2.05, 4.69) is 20.8 Å². The molecule has 0 bridgehead atoms. The lowest BCUT2D eigenvalue weighted by Crippen LogP contribution is -2.28. The second-order valence-corrected chi connectivity index (χ2v) is 8.72. The summed E-state index contributed by atoms with van der Waals surface area (Å²) in [6, 6.07) is 12.9. The van der Waals surface area contributed by atoms with Crippen LogP contribution in [0.4, 0.5) is 5.69 Å². The summed E-state index contributed by atoms with van der Waals surface area (Å²) in [5, 5.41) is 15.1. The van der Waals surface area contributed by atoms with E-state index in [1.54, 1.807) is 12.1 Å². The van der Waals surface area contributed by atoms with E-state index in [9.17, 15) is 9.59 Å². The molecule has 0 radical (unpaired) electrons. The van der Waals surface area contributed by atoms with E-state index in [-0.39, 0.29) is 23.6 Å². The predicted octanol–water partition coefficient (Wildman–Crippen LogP) is 4.45. The predicted molar refractivity (Wildman–Crippen MR) is 128 cm³/mol. The SMILES string of the molecule is CCn1c(SCC(=O)Nc2ccc(C)c(C)c2)nnc1[C@H](C)NC(=O)c1ccc(C)cc1. The third-order valence-electron chi connectivity index (χ3n) is 5.23. The maximum Gasteiger partial charge on any atom is 0.251 e. The fraction of sp³-hybridized carbons (Fsp3) is 0.333. The molecule has 0 spiro atoms. The second kappa shape index (κ2) is 10.5. The van der Waals surface area contributed by atoms with Gasteiger partial charge in [0, 0.05) is 17.8 Å². The number of carbonyl (C=O) groups is 2. The molecule has 1 heterocycles. The highest BCUT2D eigenvalue weighted by atomic mass is 32.2. The first-order valence-corrected chi connectivity index (χ1v) is 11.6. The van der Waals surface area contributed by atoms with Crippen LogP contribution in [0.1, 0.15) is 52.8 Å². The number of hydrogen-bond acceptors (Lipinski definition) is 5. The lowest BCUT2D eigenvalue weighted by Gasteiger charge is -2.15. The van der Waals surface area contributed by atoms with Crippen molar-refractivity contribution < 1.29 is 9.59 Å². The third kappa shape index (κ3) is 5.76. The molecule has 1 aromatic heterocycles. The van der Waals surface area contributed by atoms with Crippen LogP contribution in [-0.2, 0) is 11.3 Å². The number of amides is 2. The monoisotopic (exact) mass is 451 g/mol. The van der Waals surface area contributed by atoms with Crippen molar-refractivity contribution in [3.05, 3.63) is 70.5 Å². The Morgan fingerprint density at radius 1 is 1.03 bits per heavy atom. The molecule has 168 valence electrons. The van der Waals surface area contributed by atoms with Gasteiger partial charge in [0.2, 0.25) is 5.91 Å². The zero-order valence-electron chi connectivity index (χ0n) is 19.1. The molecule has 0 saturated carbocycles. The Bertz CT molecular complexity index is 1110. The summed E-state index contributed by atoms with van der Waals surface area (Å²) in [4.78, 5) is 25.0. The number of nitrogens with zero attached hydrogens (tertiary/aromatic N) is 3. The number of aromatic nitrogens is 3. The lowest BCUT2D eigenvalue weighted by molar-refractivity contribution is -0.113. The van der Waals surface area contributed by atoms with E-state index in [1.807, 2.05) is 69.5 Å². The van der Waals surface area contributed by atoms with E-state index >= 15 is 0 Å². The lowest BCUT2D eigenvalue weighted by atomic mass is 10.1. The summed E-state index contributed by atoms with van der Waals surface area (Å²) in [5.74, 6) is 0.608. The quantitative estimate of drug-likeness (QED) is 0.494. The fourth-order valence-electron chi connectivity index (χ4n) is 3.22. The first-order chi connectivity index (χ1) is 15.3. The average molecular weight is 452 g/mol. The van der Waals surface area contributed by atoms with Crippen molar-refractivity contribution in [2.75, 3.05) is 11.1 Å². The van der Waals surface area contributed by atoms with E-state index in [0.717, 1.165) is 16.8 Å². The molecule has 3 aromatic rings. The van der Waals surface area contributed by atoms with E-state index in [0.29, 0.717) is 23.1 Å². The minimum absolute atomic E-state index is 0.105. The topological polar surface area (TPSA) is 88.9 Å². The van der Waals surface area contributed by atoms with Crippen LogP contribution < -0.4 is 10.6 Å². The van der Waals surface area contributed by atoms with Crippen LogP contribution in [0.5, 0.6) is 0 Å². The van der Waals surface area contributed by atoms with Gasteiger partial charge < -0.3 is 15.2 Å². The van der Waals surface area contributed by atoms with Crippen molar-refractivity contribution in [1.82, 2.24) is 20.1 Å². The highest BCUT2D eigenvalue weighted by Gasteiger charge is 2.20. The minimum atomic E-state index is -0.324. The molecule has 2 amide bonds. The van der Waals surface area contributed by atoms with Crippen molar-refractivity contribution in [3.63, 3.8) is 0 Å². The van der Waals surface area contributed by atoms with E-state index < -0.39 is 0 Å². The Labute approximate surface area is 193 Å². The first kappa shape index (κ1) is 23.5. The molecular weight excluding hydrogens is 422 g/mol. The van der Waals surface area contributed by atoms with Crippen LogP contribution in [0.15, 0.2) is 47.6 Å². The Morgan fingerprint density at radius 3 is 2.41 bits per heavy atom. The zero-order chi connectivity index (χ0) is 23.3. The number of anilines is 1. The summed E-state index contributed by atoms with van der Waals surface area (Å²) in [6.45, 7) is 10.5. The molecule has 1 atom stereocenters. The fourth-order valence-corrected chi connectivity index (χ4v) is 4.03. The highest BCUT2D eigenvalue weighted by Crippen LogP contribution is 2.22. The van der Waals surface area contributed by atoms with E-state index in [4.69, 9.17) is 0 Å². The Hall–Kier alpha value is -3.13. The summed E-state index contributed by atoms with van der Waals surface area (Å²) >= 11 is 1.33. The Balaban J connectivity index is 1.62. The summed E-state index contributed by atoms with van der Waals surface area (Å²) < 4.78 is 1.92. The van der Waals surface area contributed by atoms with Crippen LogP contribution in [0, 0.1) is 20.8 Å². The zero-order valence-corrected chi connectivity index (χ0v) is 19.9. The number of rotatable bonds is 8. The van der Waals surface area contributed by atoms with Gasteiger partial charge in [-0.2, -0.15) is 0 Å². The second-order valence-electron chi connectivity index (χ2n) is 7.78. The largest absolute Gasteiger partial charge is 0.342 e. The van der Waals surface area contributed by atoms with Gasteiger partial charge >= 0.3 is 0 Å². The molecule has 2 aromatic carbocycles. The molecule has 2 N–H and O–H groups in total. The van der Waals surface area contributed by atoms with Gasteiger partial charge in [-0.1, -0.05) is 35.5 Å². The molecule has 8 heteroatoms. The van der Waals surface area contributed by atoms with Crippen molar-refractivity contribution in [1.29, 1.82) is 0 Å². The van der Waals surface area contributed by atoms with Gasteiger partial charge in [0.15, 0.2) is 11.0 Å². The van der Waals surface area contributed by atoms with Crippen molar-refractivity contribution >= 4 is 29.3 Å². The van der Waals surface area contributed by atoms with Crippen LogP contribution in [0.2, 0.25) is 0 Å². The van der Waals surface area contributed by atoms with Crippen molar-refractivity contribution in [2.45, 2.75) is 52.4 Å². The number of benzene rings is 2. The number of thioether (sulfide) groups is 1. The molecule has 32 heavy (non-hydrogen) atoms. The smallest absolute Gasteiger partial charge is 0.251 e. The Morgan fingerprint density at radius 2 is 1.75 bits per heavy atom. The molecule has 0 aliphatic heterocycles. The summed E-state index contributed by atoms with van der Waals surface area (Å²) in [5.41, 5.74) is 4.80. The van der Waals surface area contributed by atoms with Gasteiger partial charge in [0.25, 0.3) is 5.91 Å². The normalized spacial score (nSPS) is 11.8. The molecule has 0 fully saturated rings. The van der Waals surface area contributed by atoms with Crippen molar-refractivity contribution in [3.8, 4) is 0 Å². The molecule has 3 rings (SSSR count).